The molecule has 132 valence electrons. The molecule has 0 aromatic rings. The van der Waals surface area contributed by atoms with Gasteiger partial charge < -0.3 is 15.0 Å². The molecule has 4 nitrogen and oxygen atoms in total. The summed E-state index contributed by atoms with van der Waals surface area (Å²) in [6.45, 7) is 15.7. The van der Waals surface area contributed by atoms with Crippen molar-refractivity contribution < 1.29 is 4.74 Å². The van der Waals surface area contributed by atoms with Crippen molar-refractivity contribution in [1.29, 1.82) is 0 Å². The van der Waals surface area contributed by atoms with E-state index in [1.165, 1.54) is 5.75 Å². The Morgan fingerprint density at radius 1 is 1.36 bits per heavy atom. The first-order valence-corrected chi connectivity index (χ1v) is 9.36. The van der Waals surface area contributed by atoms with Gasteiger partial charge in [0.25, 0.3) is 0 Å². The lowest BCUT2D eigenvalue weighted by Crippen LogP contribution is -2.49. The third-order valence-electron chi connectivity index (χ3n) is 3.49. The van der Waals surface area contributed by atoms with Crippen molar-refractivity contribution in [2.45, 2.75) is 52.4 Å². The maximum atomic E-state index is 5.57. The second-order valence-electron chi connectivity index (χ2n) is 6.11. The molecule has 1 aliphatic rings. The minimum absolute atomic E-state index is 0. The molecule has 0 saturated carbocycles. The van der Waals surface area contributed by atoms with Crippen LogP contribution in [0.3, 0.4) is 0 Å². The molecule has 6 heteroatoms. The van der Waals surface area contributed by atoms with Gasteiger partial charge in [0.05, 0.1) is 6.10 Å². The Labute approximate surface area is 158 Å². The molecule has 0 aliphatic carbocycles. The monoisotopic (exact) mass is 443 g/mol. The zero-order chi connectivity index (χ0) is 15.7. The molecule has 0 bridgehead atoms. The number of rotatable bonds is 7. The van der Waals surface area contributed by atoms with Crippen molar-refractivity contribution in [1.82, 2.24) is 10.2 Å². The number of hydrogen-bond donors (Lipinski definition) is 1. The van der Waals surface area contributed by atoms with Crippen LogP contribution >= 0.6 is 35.7 Å². The van der Waals surface area contributed by atoms with Gasteiger partial charge in [-0.2, -0.15) is 11.8 Å². The molecule has 1 unspecified atom stereocenters. The van der Waals surface area contributed by atoms with Gasteiger partial charge in [-0.1, -0.05) is 13.8 Å². The molecule has 1 fully saturated rings. The Morgan fingerprint density at radius 2 is 2.09 bits per heavy atom. The fraction of sp³-hybridized carbons (Fsp3) is 0.938. The molecule has 1 N–H and O–H groups in total. The Balaban J connectivity index is 0.00000441. The number of aliphatic imine (C=N–C) groups is 1. The van der Waals surface area contributed by atoms with Crippen LogP contribution in [0.5, 0.6) is 0 Å². The van der Waals surface area contributed by atoms with E-state index in [0.29, 0.717) is 11.4 Å². The van der Waals surface area contributed by atoms with Crippen molar-refractivity contribution in [3.05, 3.63) is 0 Å². The lowest BCUT2D eigenvalue weighted by molar-refractivity contribution is 0.0782. The molecule has 0 radical (unpaired) electrons. The second-order valence-corrected chi connectivity index (χ2v) is 7.46. The van der Waals surface area contributed by atoms with E-state index in [1.807, 2.05) is 0 Å². The van der Waals surface area contributed by atoms with Gasteiger partial charge in [0.2, 0.25) is 0 Å². The SMILES string of the molecule is CCNC(=NCCCOC(C)C)N1CCSC(C(C)C)C1.I. The first kappa shape index (κ1) is 22.3. The van der Waals surface area contributed by atoms with Crippen molar-refractivity contribution in [2.24, 2.45) is 10.9 Å². The van der Waals surface area contributed by atoms with Gasteiger partial charge in [0, 0.05) is 43.8 Å². The Bertz CT molecular complexity index is 314. The summed E-state index contributed by atoms with van der Waals surface area (Å²) in [6, 6.07) is 0. The highest BCUT2D eigenvalue weighted by Gasteiger charge is 2.24. The van der Waals surface area contributed by atoms with Crippen LogP contribution in [0.1, 0.15) is 41.0 Å². The van der Waals surface area contributed by atoms with E-state index in [4.69, 9.17) is 9.73 Å². The van der Waals surface area contributed by atoms with Gasteiger partial charge in [0.15, 0.2) is 5.96 Å². The summed E-state index contributed by atoms with van der Waals surface area (Å²) in [7, 11) is 0. The Hall–Kier alpha value is 0.310. The topological polar surface area (TPSA) is 36.9 Å². The van der Waals surface area contributed by atoms with Gasteiger partial charge in [-0.05, 0) is 33.1 Å². The van der Waals surface area contributed by atoms with Crippen LogP contribution in [-0.2, 0) is 4.74 Å². The highest BCUT2D eigenvalue weighted by molar-refractivity contribution is 14.0. The van der Waals surface area contributed by atoms with Crippen LogP contribution in [-0.4, -0.2) is 60.8 Å². The molecule has 1 atom stereocenters. The van der Waals surface area contributed by atoms with Crippen molar-refractivity contribution in [3.63, 3.8) is 0 Å². The minimum atomic E-state index is 0. The summed E-state index contributed by atoms with van der Waals surface area (Å²) in [5.74, 6) is 3.00. The van der Waals surface area contributed by atoms with E-state index >= 15 is 0 Å². The lowest BCUT2D eigenvalue weighted by atomic mass is 10.1. The summed E-state index contributed by atoms with van der Waals surface area (Å²) in [5.41, 5.74) is 0. The fourth-order valence-corrected chi connectivity index (χ4v) is 3.56. The first-order valence-electron chi connectivity index (χ1n) is 8.31. The van der Waals surface area contributed by atoms with Crippen LogP contribution in [0.2, 0.25) is 0 Å². The number of guanidine groups is 1. The van der Waals surface area contributed by atoms with Crippen LogP contribution < -0.4 is 5.32 Å². The Morgan fingerprint density at radius 3 is 2.68 bits per heavy atom. The molecule has 22 heavy (non-hydrogen) atoms. The summed E-state index contributed by atoms with van der Waals surface area (Å²) in [6.07, 6.45) is 1.30. The molecular weight excluding hydrogens is 409 g/mol. The summed E-state index contributed by atoms with van der Waals surface area (Å²) >= 11 is 2.10. The number of nitrogens with zero attached hydrogens (tertiary/aromatic N) is 2. The molecule has 0 spiro atoms. The smallest absolute Gasteiger partial charge is 0.193 e. The number of thioether (sulfide) groups is 1. The fourth-order valence-electron chi connectivity index (χ4n) is 2.27. The van der Waals surface area contributed by atoms with Gasteiger partial charge >= 0.3 is 0 Å². The molecule has 0 amide bonds. The number of nitrogens with one attached hydrogen (secondary N) is 1. The summed E-state index contributed by atoms with van der Waals surface area (Å²) in [5, 5.41) is 4.15. The normalized spacial score (nSPS) is 19.5. The third kappa shape index (κ3) is 8.82. The van der Waals surface area contributed by atoms with Gasteiger partial charge in [-0.25, -0.2) is 0 Å². The van der Waals surface area contributed by atoms with Gasteiger partial charge in [-0.3, -0.25) is 4.99 Å². The lowest BCUT2D eigenvalue weighted by Gasteiger charge is -2.36. The van der Waals surface area contributed by atoms with Gasteiger partial charge in [0.1, 0.15) is 0 Å². The zero-order valence-electron chi connectivity index (χ0n) is 14.8. The predicted molar refractivity (Wildman–Crippen MR) is 110 cm³/mol. The van der Waals surface area contributed by atoms with E-state index in [2.05, 4.69) is 56.6 Å². The highest BCUT2D eigenvalue weighted by atomic mass is 127. The van der Waals surface area contributed by atoms with E-state index in [0.717, 1.165) is 51.1 Å². The van der Waals surface area contributed by atoms with Crippen LogP contribution in [0, 0.1) is 5.92 Å². The van der Waals surface area contributed by atoms with E-state index in [9.17, 15) is 0 Å². The maximum absolute atomic E-state index is 5.57. The van der Waals surface area contributed by atoms with Gasteiger partial charge in [-0.15, -0.1) is 24.0 Å². The van der Waals surface area contributed by atoms with Crippen LogP contribution in [0.25, 0.3) is 0 Å². The predicted octanol–water partition coefficient (Wildman–Crippen LogP) is 3.46. The molecule has 1 aliphatic heterocycles. The van der Waals surface area contributed by atoms with Crippen molar-refractivity contribution >= 4 is 41.7 Å². The standard InChI is InChI=1S/C16H33N3OS.HI/c1-6-17-16(18-8-7-10-20-14(4)5)19-9-11-21-15(12-19)13(2)3;/h13-15H,6-12H2,1-5H3,(H,17,18);1H. The molecule has 1 saturated heterocycles. The summed E-state index contributed by atoms with van der Waals surface area (Å²) in [4.78, 5) is 7.19. The van der Waals surface area contributed by atoms with E-state index < -0.39 is 0 Å². The average Bonchev–Trinajstić information content (AvgIpc) is 2.45. The van der Waals surface area contributed by atoms with Crippen molar-refractivity contribution in [2.75, 3.05) is 38.5 Å². The van der Waals surface area contributed by atoms with E-state index in [-0.39, 0.29) is 24.0 Å². The first-order chi connectivity index (χ1) is 10.0. The average molecular weight is 443 g/mol. The van der Waals surface area contributed by atoms with E-state index in [1.54, 1.807) is 0 Å². The third-order valence-corrected chi connectivity index (χ3v) is 5.03. The number of ether oxygens (including phenoxy) is 1. The maximum Gasteiger partial charge on any atom is 0.193 e. The zero-order valence-corrected chi connectivity index (χ0v) is 17.9. The molecule has 1 rings (SSSR count). The largest absolute Gasteiger partial charge is 0.379 e. The highest BCUT2D eigenvalue weighted by Crippen LogP contribution is 2.24. The number of halogens is 1. The van der Waals surface area contributed by atoms with Crippen LogP contribution in [0.4, 0.5) is 0 Å². The van der Waals surface area contributed by atoms with Crippen molar-refractivity contribution in [3.8, 4) is 0 Å². The molecule has 1 heterocycles. The molecule has 0 aromatic heterocycles. The molecular formula is C16H34IN3OS. The van der Waals surface area contributed by atoms with Crippen LogP contribution in [0.15, 0.2) is 4.99 Å². The minimum Gasteiger partial charge on any atom is -0.379 e. The second kappa shape index (κ2) is 12.7. The number of hydrogen-bond acceptors (Lipinski definition) is 3. The Kier molecular flexibility index (Phi) is 12.9. The molecule has 0 aromatic carbocycles. The summed E-state index contributed by atoms with van der Waals surface area (Å²) < 4.78 is 5.57. The quantitative estimate of drug-likeness (QED) is 0.283.